The molecule has 0 aliphatic carbocycles. The van der Waals surface area contributed by atoms with Crippen LogP contribution in [0.4, 0.5) is 0 Å². The Balaban J connectivity index is 2.04. The summed E-state index contributed by atoms with van der Waals surface area (Å²) in [5.74, 6) is 0. The smallest absolute Gasteiger partial charge is 0.139 e. The molecule has 4 nitrogen and oxygen atoms in total. The molecule has 1 heterocycles. The molecule has 18 heavy (non-hydrogen) atoms. The summed E-state index contributed by atoms with van der Waals surface area (Å²) in [5.41, 5.74) is 1.22. The Kier molecular flexibility index (Phi) is 4.72. The van der Waals surface area contributed by atoms with Gasteiger partial charge in [-0.1, -0.05) is 30.3 Å². The van der Waals surface area contributed by atoms with Gasteiger partial charge in [0.05, 0.1) is 6.10 Å². The van der Waals surface area contributed by atoms with Crippen LogP contribution in [0.1, 0.15) is 12.0 Å². The van der Waals surface area contributed by atoms with Gasteiger partial charge in [-0.05, 0) is 12.0 Å². The van der Waals surface area contributed by atoms with E-state index in [0.29, 0.717) is 0 Å². The third kappa shape index (κ3) is 2.90. The Hall–Kier alpha value is -0.940. The van der Waals surface area contributed by atoms with Crippen molar-refractivity contribution in [1.82, 2.24) is 4.90 Å². The first kappa shape index (κ1) is 13.5. The maximum atomic E-state index is 10.2. The molecular formula is C14H21NO3. The van der Waals surface area contributed by atoms with E-state index in [1.54, 1.807) is 14.2 Å². The van der Waals surface area contributed by atoms with Gasteiger partial charge >= 0.3 is 0 Å². The van der Waals surface area contributed by atoms with Crippen LogP contribution in [0.2, 0.25) is 0 Å². The number of aliphatic hydroxyl groups excluding tert-OH is 1. The second kappa shape index (κ2) is 6.29. The molecule has 1 aliphatic heterocycles. The third-order valence-corrected chi connectivity index (χ3v) is 3.51. The number of rotatable bonds is 4. The van der Waals surface area contributed by atoms with Crippen molar-refractivity contribution < 1.29 is 14.6 Å². The summed E-state index contributed by atoms with van der Waals surface area (Å²) in [6, 6.07) is 10.2. The minimum Gasteiger partial charge on any atom is -0.386 e. The Morgan fingerprint density at radius 1 is 1.22 bits per heavy atom. The number of methoxy groups -OCH3 is 2. The van der Waals surface area contributed by atoms with Gasteiger partial charge < -0.3 is 14.6 Å². The zero-order valence-electron chi connectivity index (χ0n) is 11.0. The van der Waals surface area contributed by atoms with Gasteiger partial charge in [0.2, 0.25) is 0 Å². The van der Waals surface area contributed by atoms with Crippen LogP contribution < -0.4 is 0 Å². The largest absolute Gasteiger partial charge is 0.386 e. The van der Waals surface area contributed by atoms with Crippen molar-refractivity contribution in [2.24, 2.45) is 0 Å². The number of hydrogen-bond acceptors (Lipinski definition) is 4. The second-order valence-corrected chi connectivity index (χ2v) is 4.64. The first-order valence-electron chi connectivity index (χ1n) is 6.28. The number of nitrogens with zero attached hydrogens (tertiary/aromatic N) is 1. The topological polar surface area (TPSA) is 41.9 Å². The van der Waals surface area contributed by atoms with E-state index in [9.17, 15) is 5.11 Å². The lowest BCUT2D eigenvalue weighted by molar-refractivity contribution is -0.179. The molecule has 0 amide bonds. The number of likely N-dealkylation sites (tertiary alicyclic amines) is 1. The zero-order chi connectivity index (χ0) is 13.0. The molecule has 4 heteroatoms. The van der Waals surface area contributed by atoms with Crippen molar-refractivity contribution in [2.45, 2.75) is 31.4 Å². The van der Waals surface area contributed by atoms with Crippen LogP contribution >= 0.6 is 0 Å². The van der Waals surface area contributed by atoms with Crippen LogP contribution in [-0.2, 0) is 16.0 Å². The Labute approximate surface area is 108 Å². The predicted octanol–water partition coefficient (Wildman–Crippen LogP) is 1.24. The van der Waals surface area contributed by atoms with Gasteiger partial charge in [-0.3, -0.25) is 4.90 Å². The lowest BCUT2D eigenvalue weighted by Gasteiger charge is -2.41. The van der Waals surface area contributed by atoms with Crippen LogP contribution in [0.15, 0.2) is 30.3 Å². The molecule has 0 saturated carbocycles. The van der Waals surface area contributed by atoms with Crippen LogP contribution in [0.3, 0.4) is 0 Å². The van der Waals surface area contributed by atoms with Gasteiger partial charge in [0.25, 0.3) is 0 Å². The number of piperidine rings is 1. The number of hydrogen-bond donors (Lipinski definition) is 1. The van der Waals surface area contributed by atoms with E-state index in [2.05, 4.69) is 17.0 Å². The minimum atomic E-state index is -0.600. The summed E-state index contributed by atoms with van der Waals surface area (Å²) in [4.78, 5) is 2.15. The van der Waals surface area contributed by atoms with E-state index in [-0.39, 0.29) is 12.3 Å². The van der Waals surface area contributed by atoms with Crippen LogP contribution in [0.5, 0.6) is 0 Å². The zero-order valence-corrected chi connectivity index (χ0v) is 11.0. The Morgan fingerprint density at radius 3 is 2.56 bits per heavy atom. The van der Waals surface area contributed by atoms with Crippen LogP contribution in [0, 0.1) is 0 Å². The van der Waals surface area contributed by atoms with Gasteiger partial charge in [-0.25, -0.2) is 0 Å². The molecule has 1 aromatic rings. The highest BCUT2D eigenvalue weighted by Gasteiger charge is 2.37. The lowest BCUT2D eigenvalue weighted by Crippen LogP contribution is -2.55. The standard InChI is InChI=1S/C14H21NO3/c1-17-12-8-9-15(14(18-2)13(12)16)10-11-6-4-3-5-7-11/h3-7,12-14,16H,8-10H2,1-2H3/t12-,13+,14+/m1/s1. The van der Waals surface area contributed by atoms with Crippen molar-refractivity contribution in [3.63, 3.8) is 0 Å². The normalized spacial score (nSPS) is 29.4. The van der Waals surface area contributed by atoms with E-state index in [0.717, 1.165) is 19.5 Å². The van der Waals surface area contributed by atoms with Crippen LogP contribution in [0.25, 0.3) is 0 Å². The highest BCUT2D eigenvalue weighted by atomic mass is 16.5. The number of ether oxygens (including phenoxy) is 2. The average molecular weight is 251 g/mol. The molecule has 1 N–H and O–H groups in total. The van der Waals surface area contributed by atoms with Crippen molar-refractivity contribution in [2.75, 3.05) is 20.8 Å². The molecule has 1 aliphatic rings. The summed E-state index contributed by atoms with van der Waals surface area (Å²) in [6.45, 7) is 1.65. The van der Waals surface area contributed by atoms with Gasteiger partial charge in [0.1, 0.15) is 12.3 Å². The molecule has 0 unspecified atom stereocenters. The number of aliphatic hydroxyl groups is 1. The monoisotopic (exact) mass is 251 g/mol. The maximum absolute atomic E-state index is 10.2. The van der Waals surface area contributed by atoms with Crippen LogP contribution in [-0.4, -0.2) is 49.2 Å². The van der Waals surface area contributed by atoms with Gasteiger partial charge in [0, 0.05) is 27.3 Å². The average Bonchev–Trinajstić information content (AvgIpc) is 2.40. The molecule has 1 saturated heterocycles. The van der Waals surface area contributed by atoms with Crippen molar-refractivity contribution in [3.05, 3.63) is 35.9 Å². The summed E-state index contributed by atoms with van der Waals surface area (Å²) in [7, 11) is 3.26. The molecule has 1 aromatic carbocycles. The van der Waals surface area contributed by atoms with E-state index in [1.165, 1.54) is 5.56 Å². The number of benzene rings is 1. The molecule has 0 radical (unpaired) electrons. The Morgan fingerprint density at radius 2 is 1.94 bits per heavy atom. The van der Waals surface area contributed by atoms with Crippen molar-refractivity contribution >= 4 is 0 Å². The first-order chi connectivity index (χ1) is 8.76. The Bertz CT molecular complexity index is 357. The SMILES string of the molecule is CO[C@@H]1CCN(Cc2ccccc2)[C@@H](OC)[C@H]1O. The fourth-order valence-corrected chi connectivity index (χ4v) is 2.52. The van der Waals surface area contributed by atoms with E-state index in [1.807, 2.05) is 18.2 Å². The summed E-state index contributed by atoms with van der Waals surface area (Å²) >= 11 is 0. The summed E-state index contributed by atoms with van der Waals surface area (Å²) < 4.78 is 10.7. The van der Waals surface area contributed by atoms with Gasteiger partial charge in [-0.2, -0.15) is 0 Å². The molecule has 0 bridgehead atoms. The highest BCUT2D eigenvalue weighted by molar-refractivity contribution is 5.14. The summed E-state index contributed by atoms with van der Waals surface area (Å²) in [6.07, 6.45) is -0.215. The maximum Gasteiger partial charge on any atom is 0.139 e. The first-order valence-corrected chi connectivity index (χ1v) is 6.28. The molecule has 100 valence electrons. The lowest BCUT2D eigenvalue weighted by atomic mass is 10.0. The minimum absolute atomic E-state index is 0.137. The second-order valence-electron chi connectivity index (χ2n) is 4.64. The quantitative estimate of drug-likeness (QED) is 0.874. The molecular weight excluding hydrogens is 230 g/mol. The molecule has 0 aromatic heterocycles. The molecule has 2 rings (SSSR count). The summed E-state index contributed by atoms with van der Waals surface area (Å²) in [5, 5.41) is 10.2. The van der Waals surface area contributed by atoms with Crippen molar-refractivity contribution in [1.29, 1.82) is 0 Å². The van der Waals surface area contributed by atoms with Gasteiger partial charge in [0.15, 0.2) is 0 Å². The predicted molar refractivity (Wildman–Crippen MR) is 69.1 cm³/mol. The fourth-order valence-electron chi connectivity index (χ4n) is 2.52. The third-order valence-electron chi connectivity index (χ3n) is 3.51. The van der Waals surface area contributed by atoms with Crippen molar-refractivity contribution in [3.8, 4) is 0 Å². The van der Waals surface area contributed by atoms with Gasteiger partial charge in [-0.15, -0.1) is 0 Å². The molecule has 1 fully saturated rings. The highest BCUT2D eigenvalue weighted by Crippen LogP contribution is 2.22. The van der Waals surface area contributed by atoms with E-state index in [4.69, 9.17) is 9.47 Å². The van der Waals surface area contributed by atoms with E-state index >= 15 is 0 Å². The molecule has 0 spiro atoms. The fraction of sp³-hybridized carbons (Fsp3) is 0.571. The molecule has 3 atom stereocenters. The van der Waals surface area contributed by atoms with E-state index < -0.39 is 6.10 Å².